The first kappa shape index (κ1) is 13.4. The maximum atomic E-state index is 12.2. The number of nitrogen functional groups attached to an aromatic ring is 1. The van der Waals surface area contributed by atoms with Gasteiger partial charge in [-0.05, 0) is 49.2 Å². The molecule has 0 saturated carbocycles. The van der Waals surface area contributed by atoms with E-state index in [2.05, 4.69) is 5.32 Å². The smallest absolute Gasteiger partial charge is 0.255 e. The Bertz CT molecular complexity index is 598. The second-order valence-corrected chi connectivity index (χ2v) is 4.95. The first-order valence-electron chi connectivity index (χ1n) is 5.91. The molecule has 4 heteroatoms. The predicted octanol–water partition coefficient (Wildman–Crippen LogP) is 3.79. The van der Waals surface area contributed by atoms with Crippen molar-refractivity contribution in [2.45, 2.75) is 13.8 Å². The largest absolute Gasteiger partial charge is 0.397 e. The Morgan fingerprint density at radius 1 is 1.21 bits per heavy atom. The molecule has 0 aromatic heterocycles. The summed E-state index contributed by atoms with van der Waals surface area (Å²) in [5.74, 6) is -0.216. The number of halogens is 1. The molecule has 2 rings (SSSR count). The molecule has 0 saturated heterocycles. The Morgan fingerprint density at radius 2 is 1.95 bits per heavy atom. The number of amides is 1. The first-order chi connectivity index (χ1) is 8.97. The fourth-order valence-corrected chi connectivity index (χ4v) is 2.20. The van der Waals surface area contributed by atoms with E-state index in [1.807, 2.05) is 26.0 Å². The number of carbonyl (C=O) groups excluding carboxylic acids is 1. The zero-order chi connectivity index (χ0) is 14.0. The summed E-state index contributed by atoms with van der Waals surface area (Å²) in [7, 11) is 0. The lowest BCUT2D eigenvalue weighted by molar-refractivity contribution is 0.102. The van der Waals surface area contributed by atoms with Crippen LogP contribution in [0.5, 0.6) is 0 Å². The monoisotopic (exact) mass is 274 g/mol. The normalized spacial score (nSPS) is 10.3. The van der Waals surface area contributed by atoms with Crippen molar-refractivity contribution in [1.29, 1.82) is 0 Å². The molecule has 3 nitrogen and oxygen atoms in total. The van der Waals surface area contributed by atoms with E-state index in [9.17, 15) is 4.79 Å². The second kappa shape index (κ2) is 5.33. The number of nitrogens with two attached hydrogens (primary N) is 1. The minimum atomic E-state index is -0.216. The molecule has 2 aromatic carbocycles. The van der Waals surface area contributed by atoms with Gasteiger partial charge in [0.2, 0.25) is 0 Å². The van der Waals surface area contributed by atoms with Crippen LogP contribution in [-0.4, -0.2) is 5.91 Å². The van der Waals surface area contributed by atoms with Gasteiger partial charge in [-0.1, -0.05) is 23.7 Å². The molecule has 1 amide bonds. The summed E-state index contributed by atoms with van der Waals surface area (Å²) in [5, 5.41) is 3.37. The molecular weight excluding hydrogens is 260 g/mol. The second-order valence-electron chi connectivity index (χ2n) is 4.51. The van der Waals surface area contributed by atoms with Gasteiger partial charge in [0.15, 0.2) is 0 Å². The number of aryl methyl sites for hydroxylation is 2. The number of benzene rings is 2. The van der Waals surface area contributed by atoms with Gasteiger partial charge in [-0.2, -0.15) is 0 Å². The van der Waals surface area contributed by atoms with E-state index in [1.165, 1.54) is 0 Å². The summed E-state index contributed by atoms with van der Waals surface area (Å²) in [5.41, 5.74) is 9.44. The van der Waals surface area contributed by atoms with Gasteiger partial charge >= 0.3 is 0 Å². The zero-order valence-electron chi connectivity index (χ0n) is 10.8. The molecule has 0 heterocycles. The number of hydrogen-bond donors (Lipinski definition) is 2. The van der Waals surface area contributed by atoms with E-state index < -0.39 is 0 Å². The number of anilines is 2. The number of rotatable bonds is 2. The van der Waals surface area contributed by atoms with E-state index in [-0.39, 0.29) is 5.91 Å². The fraction of sp³-hybridized carbons (Fsp3) is 0.133. The molecule has 0 radical (unpaired) electrons. The molecular formula is C15H15ClN2O. The van der Waals surface area contributed by atoms with Crippen LogP contribution in [0.3, 0.4) is 0 Å². The van der Waals surface area contributed by atoms with E-state index in [1.54, 1.807) is 24.3 Å². The van der Waals surface area contributed by atoms with Crippen molar-refractivity contribution in [3.8, 4) is 0 Å². The fourth-order valence-electron chi connectivity index (χ4n) is 1.91. The highest BCUT2D eigenvalue weighted by Gasteiger charge is 2.11. The molecule has 98 valence electrons. The van der Waals surface area contributed by atoms with Crippen LogP contribution in [0, 0.1) is 13.8 Å². The maximum Gasteiger partial charge on any atom is 0.255 e. The molecule has 0 bridgehead atoms. The van der Waals surface area contributed by atoms with Crippen LogP contribution in [0.4, 0.5) is 11.4 Å². The Labute approximate surface area is 117 Å². The highest BCUT2D eigenvalue weighted by Crippen LogP contribution is 2.24. The molecule has 0 fully saturated rings. The van der Waals surface area contributed by atoms with Gasteiger partial charge in [0.25, 0.3) is 5.91 Å². The maximum absolute atomic E-state index is 12.2. The highest BCUT2D eigenvalue weighted by molar-refractivity contribution is 6.31. The lowest BCUT2D eigenvalue weighted by Gasteiger charge is -2.11. The molecule has 0 aliphatic rings. The summed E-state index contributed by atoms with van der Waals surface area (Å²) >= 11 is 5.96. The van der Waals surface area contributed by atoms with Crippen LogP contribution >= 0.6 is 11.6 Å². The summed E-state index contributed by atoms with van der Waals surface area (Å²) in [6.07, 6.45) is 0. The lowest BCUT2D eigenvalue weighted by Crippen LogP contribution is -2.14. The number of para-hydroxylation sites is 1. The van der Waals surface area contributed by atoms with Gasteiger partial charge in [0, 0.05) is 10.6 Å². The summed E-state index contributed by atoms with van der Waals surface area (Å²) < 4.78 is 0. The van der Waals surface area contributed by atoms with Gasteiger partial charge in [0.1, 0.15) is 0 Å². The van der Waals surface area contributed by atoms with Crippen LogP contribution in [-0.2, 0) is 0 Å². The van der Waals surface area contributed by atoms with Gasteiger partial charge in [-0.25, -0.2) is 0 Å². The third-order valence-electron chi connectivity index (χ3n) is 2.85. The number of carbonyl (C=O) groups is 1. The summed E-state index contributed by atoms with van der Waals surface area (Å²) in [4.78, 5) is 12.2. The quantitative estimate of drug-likeness (QED) is 0.819. The van der Waals surface area contributed by atoms with Crippen molar-refractivity contribution in [2.75, 3.05) is 11.1 Å². The van der Waals surface area contributed by atoms with Gasteiger partial charge < -0.3 is 11.1 Å². The summed E-state index contributed by atoms with van der Waals surface area (Å²) in [6.45, 7) is 3.79. The molecule has 0 spiro atoms. The third kappa shape index (κ3) is 3.06. The number of hydrogen-bond acceptors (Lipinski definition) is 2. The zero-order valence-corrected chi connectivity index (χ0v) is 11.6. The van der Waals surface area contributed by atoms with Crippen molar-refractivity contribution < 1.29 is 4.79 Å². The minimum Gasteiger partial charge on any atom is -0.397 e. The molecule has 0 aliphatic heterocycles. The van der Waals surface area contributed by atoms with Crippen molar-refractivity contribution in [2.24, 2.45) is 0 Å². The van der Waals surface area contributed by atoms with Crippen LogP contribution in [0.15, 0.2) is 36.4 Å². The average molecular weight is 275 g/mol. The summed E-state index contributed by atoms with van der Waals surface area (Å²) in [6, 6.07) is 10.7. The van der Waals surface area contributed by atoms with Crippen molar-refractivity contribution >= 4 is 28.9 Å². The first-order valence-corrected chi connectivity index (χ1v) is 6.29. The molecule has 0 unspecified atom stereocenters. The minimum absolute atomic E-state index is 0.216. The van der Waals surface area contributed by atoms with E-state index in [4.69, 9.17) is 17.3 Å². The Hall–Kier alpha value is -2.00. The Kier molecular flexibility index (Phi) is 3.76. The topological polar surface area (TPSA) is 55.1 Å². The lowest BCUT2D eigenvalue weighted by atomic mass is 10.1. The van der Waals surface area contributed by atoms with Crippen LogP contribution in [0.2, 0.25) is 5.02 Å². The van der Waals surface area contributed by atoms with Crippen molar-refractivity contribution in [3.63, 3.8) is 0 Å². The third-order valence-corrected chi connectivity index (χ3v) is 3.07. The van der Waals surface area contributed by atoms with Gasteiger partial charge in [-0.3, -0.25) is 4.79 Å². The van der Waals surface area contributed by atoms with E-state index in [0.717, 1.165) is 11.1 Å². The van der Waals surface area contributed by atoms with Crippen LogP contribution in [0.25, 0.3) is 0 Å². The molecule has 19 heavy (non-hydrogen) atoms. The molecule has 0 atom stereocenters. The standard InChI is InChI=1S/C15H15ClN2O/c1-9-6-11(8-12(16)7-9)15(19)18-14-10(2)4-3-5-13(14)17/h3-8H,17H2,1-2H3,(H,18,19). The molecule has 0 aliphatic carbocycles. The van der Waals surface area contributed by atoms with Crippen LogP contribution < -0.4 is 11.1 Å². The average Bonchev–Trinajstić information content (AvgIpc) is 2.32. The van der Waals surface area contributed by atoms with E-state index >= 15 is 0 Å². The number of nitrogens with one attached hydrogen (secondary N) is 1. The van der Waals surface area contributed by atoms with Crippen LogP contribution in [0.1, 0.15) is 21.5 Å². The van der Waals surface area contributed by atoms with Crippen molar-refractivity contribution in [3.05, 3.63) is 58.1 Å². The highest BCUT2D eigenvalue weighted by atomic mass is 35.5. The molecule has 2 aromatic rings. The van der Waals surface area contributed by atoms with E-state index in [0.29, 0.717) is 22.0 Å². The Morgan fingerprint density at radius 3 is 2.58 bits per heavy atom. The van der Waals surface area contributed by atoms with Gasteiger partial charge in [0.05, 0.1) is 11.4 Å². The SMILES string of the molecule is Cc1cc(Cl)cc(C(=O)Nc2c(C)cccc2N)c1. The predicted molar refractivity (Wildman–Crippen MR) is 79.7 cm³/mol. The van der Waals surface area contributed by atoms with Gasteiger partial charge in [-0.15, -0.1) is 0 Å². The molecule has 3 N–H and O–H groups in total. The Balaban J connectivity index is 2.31. The van der Waals surface area contributed by atoms with Crippen molar-refractivity contribution in [1.82, 2.24) is 0 Å².